The lowest BCUT2D eigenvalue weighted by molar-refractivity contribution is 0.281. The van der Waals surface area contributed by atoms with Crippen molar-refractivity contribution < 1.29 is 13.5 Å². The average Bonchev–Trinajstić information content (AvgIpc) is 2.94. The maximum atomic E-state index is 12.8. The van der Waals surface area contributed by atoms with Crippen LogP contribution in [0, 0.1) is 12.8 Å². The standard InChI is InChI=1S/C15H22BrNO3S/c1-11-14(16)7-13(10-18)8-15(11)21(19,20)17(2)9-12-5-3-4-6-12/h7-8,12,18H,3-6,9-10H2,1-2H3. The van der Waals surface area contributed by atoms with Gasteiger partial charge in [0, 0.05) is 18.1 Å². The summed E-state index contributed by atoms with van der Waals surface area (Å²) >= 11 is 3.37. The van der Waals surface area contributed by atoms with Crippen molar-refractivity contribution in [3.05, 3.63) is 27.7 Å². The molecule has 1 aromatic carbocycles. The Hall–Kier alpha value is -0.430. The minimum atomic E-state index is -3.52. The zero-order valence-corrected chi connectivity index (χ0v) is 14.9. The van der Waals surface area contributed by atoms with Crippen LogP contribution in [0.5, 0.6) is 0 Å². The summed E-state index contributed by atoms with van der Waals surface area (Å²) in [5.74, 6) is 0.467. The van der Waals surface area contributed by atoms with Gasteiger partial charge in [0.15, 0.2) is 0 Å². The molecule has 0 saturated heterocycles. The van der Waals surface area contributed by atoms with E-state index in [-0.39, 0.29) is 11.5 Å². The van der Waals surface area contributed by atoms with Gasteiger partial charge in [-0.15, -0.1) is 0 Å². The highest BCUT2D eigenvalue weighted by Crippen LogP contribution is 2.30. The van der Waals surface area contributed by atoms with Gasteiger partial charge in [0.25, 0.3) is 0 Å². The Morgan fingerprint density at radius 2 is 1.95 bits per heavy atom. The van der Waals surface area contributed by atoms with Crippen molar-refractivity contribution in [1.82, 2.24) is 4.31 Å². The van der Waals surface area contributed by atoms with Gasteiger partial charge in [0.1, 0.15) is 0 Å². The molecule has 0 bridgehead atoms. The van der Waals surface area contributed by atoms with Gasteiger partial charge in [-0.2, -0.15) is 0 Å². The maximum Gasteiger partial charge on any atom is 0.243 e. The number of hydrogen-bond donors (Lipinski definition) is 1. The van der Waals surface area contributed by atoms with Gasteiger partial charge in [-0.25, -0.2) is 12.7 Å². The van der Waals surface area contributed by atoms with Crippen LogP contribution in [0.2, 0.25) is 0 Å². The van der Waals surface area contributed by atoms with Crippen molar-refractivity contribution in [1.29, 1.82) is 0 Å². The highest BCUT2D eigenvalue weighted by molar-refractivity contribution is 9.10. The van der Waals surface area contributed by atoms with E-state index in [1.54, 1.807) is 26.1 Å². The molecule has 118 valence electrons. The number of hydrogen-bond acceptors (Lipinski definition) is 3. The third kappa shape index (κ3) is 3.67. The van der Waals surface area contributed by atoms with Crippen LogP contribution in [-0.4, -0.2) is 31.4 Å². The SMILES string of the molecule is Cc1c(Br)cc(CO)cc1S(=O)(=O)N(C)CC1CCCC1. The molecule has 1 aliphatic rings. The third-order valence-corrected chi connectivity index (χ3v) is 6.99. The van der Waals surface area contributed by atoms with Crippen LogP contribution in [0.3, 0.4) is 0 Å². The molecule has 1 N–H and O–H groups in total. The predicted octanol–water partition coefficient (Wildman–Crippen LogP) is 3.06. The Morgan fingerprint density at radius 3 is 2.52 bits per heavy atom. The normalized spacial score (nSPS) is 16.8. The molecule has 6 heteroatoms. The van der Waals surface area contributed by atoms with E-state index in [1.165, 1.54) is 17.1 Å². The number of sulfonamides is 1. The minimum absolute atomic E-state index is 0.173. The molecule has 0 spiro atoms. The van der Waals surface area contributed by atoms with Crippen molar-refractivity contribution in [3.8, 4) is 0 Å². The van der Waals surface area contributed by atoms with Crippen LogP contribution in [0.1, 0.15) is 36.8 Å². The van der Waals surface area contributed by atoms with Crippen LogP contribution in [-0.2, 0) is 16.6 Å². The van der Waals surface area contributed by atoms with Crippen LogP contribution >= 0.6 is 15.9 Å². The summed E-state index contributed by atoms with van der Waals surface area (Å²) in [4.78, 5) is 0.279. The monoisotopic (exact) mass is 375 g/mol. The third-order valence-electron chi connectivity index (χ3n) is 4.22. The zero-order chi connectivity index (χ0) is 15.6. The zero-order valence-electron chi connectivity index (χ0n) is 12.5. The van der Waals surface area contributed by atoms with Crippen LogP contribution in [0.4, 0.5) is 0 Å². The first-order chi connectivity index (χ1) is 9.86. The van der Waals surface area contributed by atoms with Crippen molar-refractivity contribution in [3.63, 3.8) is 0 Å². The highest BCUT2D eigenvalue weighted by Gasteiger charge is 2.27. The van der Waals surface area contributed by atoms with E-state index in [9.17, 15) is 13.5 Å². The van der Waals surface area contributed by atoms with Crippen molar-refractivity contribution in [2.24, 2.45) is 5.92 Å². The lowest BCUT2D eigenvalue weighted by Crippen LogP contribution is -2.31. The predicted molar refractivity (Wildman–Crippen MR) is 86.6 cm³/mol. The molecule has 21 heavy (non-hydrogen) atoms. The molecule has 1 aliphatic carbocycles. The molecule has 0 aromatic heterocycles. The molecular weight excluding hydrogens is 354 g/mol. The summed E-state index contributed by atoms with van der Waals surface area (Å²) in [5.41, 5.74) is 1.28. The Balaban J connectivity index is 2.31. The Morgan fingerprint density at radius 1 is 1.33 bits per heavy atom. The lowest BCUT2D eigenvalue weighted by Gasteiger charge is -2.22. The van der Waals surface area contributed by atoms with E-state index >= 15 is 0 Å². The first kappa shape index (κ1) is 16.9. The summed E-state index contributed by atoms with van der Waals surface area (Å²) in [5, 5.41) is 9.28. The summed E-state index contributed by atoms with van der Waals surface area (Å²) in [7, 11) is -1.87. The van der Waals surface area contributed by atoms with E-state index in [1.807, 2.05) is 0 Å². The van der Waals surface area contributed by atoms with Crippen molar-refractivity contribution >= 4 is 26.0 Å². The van der Waals surface area contributed by atoms with Gasteiger partial charge >= 0.3 is 0 Å². The molecule has 2 rings (SSSR count). The second-order valence-electron chi connectivity index (χ2n) is 5.79. The Labute approximate surface area is 135 Å². The van der Waals surface area contributed by atoms with Crippen LogP contribution in [0.15, 0.2) is 21.5 Å². The Bertz CT molecular complexity index is 610. The molecule has 1 aromatic rings. The molecule has 1 fully saturated rings. The van der Waals surface area contributed by atoms with E-state index in [2.05, 4.69) is 15.9 Å². The minimum Gasteiger partial charge on any atom is -0.392 e. The van der Waals surface area contributed by atoms with E-state index in [4.69, 9.17) is 0 Å². The summed E-state index contributed by atoms with van der Waals surface area (Å²) < 4.78 is 27.7. The molecular formula is C15H22BrNO3S. The number of aliphatic hydroxyl groups is 1. The summed E-state index contributed by atoms with van der Waals surface area (Å²) in [6, 6.07) is 3.33. The smallest absolute Gasteiger partial charge is 0.243 e. The number of aliphatic hydroxyl groups excluding tert-OH is 1. The summed E-state index contributed by atoms with van der Waals surface area (Å²) in [6.07, 6.45) is 4.62. The van der Waals surface area contributed by atoms with Gasteiger partial charge in [0.05, 0.1) is 11.5 Å². The first-order valence-corrected chi connectivity index (χ1v) is 9.45. The van der Waals surface area contributed by atoms with E-state index < -0.39 is 10.0 Å². The number of nitrogens with zero attached hydrogens (tertiary/aromatic N) is 1. The number of halogens is 1. The fourth-order valence-electron chi connectivity index (χ4n) is 2.89. The molecule has 1 saturated carbocycles. The van der Waals surface area contributed by atoms with E-state index in [0.717, 1.165) is 12.8 Å². The Kier molecular flexibility index (Phi) is 5.46. The fourth-order valence-corrected chi connectivity index (χ4v) is 5.07. The molecule has 0 heterocycles. The summed E-state index contributed by atoms with van der Waals surface area (Å²) in [6.45, 7) is 2.18. The van der Waals surface area contributed by atoms with Crippen LogP contribution in [0.25, 0.3) is 0 Å². The quantitative estimate of drug-likeness (QED) is 0.859. The molecule has 0 unspecified atom stereocenters. The average molecular weight is 376 g/mol. The molecule has 0 atom stereocenters. The van der Waals surface area contributed by atoms with Gasteiger partial charge in [0.2, 0.25) is 10.0 Å². The largest absolute Gasteiger partial charge is 0.392 e. The number of benzene rings is 1. The van der Waals surface area contributed by atoms with Gasteiger partial charge in [-0.1, -0.05) is 28.8 Å². The van der Waals surface area contributed by atoms with Gasteiger partial charge in [-0.05, 0) is 48.9 Å². The molecule has 0 amide bonds. The highest BCUT2D eigenvalue weighted by atomic mass is 79.9. The fraction of sp³-hybridized carbons (Fsp3) is 0.600. The molecule has 0 aliphatic heterocycles. The maximum absolute atomic E-state index is 12.8. The van der Waals surface area contributed by atoms with Gasteiger partial charge in [-0.3, -0.25) is 0 Å². The second kappa shape index (κ2) is 6.77. The molecule has 4 nitrogen and oxygen atoms in total. The van der Waals surface area contributed by atoms with Crippen molar-refractivity contribution in [2.75, 3.05) is 13.6 Å². The second-order valence-corrected chi connectivity index (χ2v) is 8.66. The van der Waals surface area contributed by atoms with Crippen molar-refractivity contribution in [2.45, 2.75) is 44.1 Å². The van der Waals surface area contributed by atoms with Crippen LogP contribution < -0.4 is 0 Å². The molecule has 0 radical (unpaired) electrons. The number of rotatable bonds is 5. The topological polar surface area (TPSA) is 57.6 Å². The lowest BCUT2D eigenvalue weighted by atomic mass is 10.1. The first-order valence-electron chi connectivity index (χ1n) is 7.22. The van der Waals surface area contributed by atoms with Gasteiger partial charge < -0.3 is 5.11 Å². The van der Waals surface area contributed by atoms with E-state index in [0.29, 0.717) is 28.1 Å².